The molecule has 122 valence electrons. The molecule has 0 aromatic heterocycles. The molecule has 0 spiro atoms. The van der Waals surface area contributed by atoms with Crippen LogP contribution in [0.5, 0.6) is 11.5 Å². The molecule has 0 saturated heterocycles. The summed E-state index contributed by atoms with van der Waals surface area (Å²) in [5, 5.41) is 0. The molecular weight excluding hydrogens is 398 g/mol. The van der Waals surface area contributed by atoms with Crippen LogP contribution in [0.25, 0.3) is 11.1 Å². The number of para-hydroxylation sites is 2. The average molecular weight is 411 g/mol. The van der Waals surface area contributed by atoms with Crippen molar-refractivity contribution in [3.63, 3.8) is 0 Å². The molecule has 0 amide bonds. The topological polar surface area (TPSA) is 44.8 Å². The zero-order chi connectivity index (χ0) is 14.4. The number of ether oxygens (including phenoxy) is 2. The standard InChI is InChI=1S/C15H14O4.3ClH.Ti/c1-2-18-15(17)19-14-10-6-4-8-12(14)11-7-3-5-9-13(11)16;;;;/h3-10,16H,2H2,1H3;3*1H;/q;;;;+4/p-4. The number of carbonyl (C=O) groups is 1. The summed E-state index contributed by atoms with van der Waals surface area (Å²) in [5.74, 6) is 1.16. The molecule has 0 atom stereocenters. The normalized spacial score (nSPS) is 8.65. The van der Waals surface area contributed by atoms with Crippen molar-refractivity contribution in [1.29, 1.82) is 0 Å². The van der Waals surface area contributed by atoms with E-state index in [0.717, 1.165) is 11.1 Å². The summed E-state index contributed by atoms with van der Waals surface area (Å²) in [7, 11) is 0. The molecule has 0 radical (unpaired) electrons. The second-order valence-electron chi connectivity index (χ2n) is 3.88. The van der Waals surface area contributed by atoms with E-state index in [2.05, 4.69) is 0 Å². The second-order valence-corrected chi connectivity index (χ2v) is 4.20. The molecule has 0 N–H and O–H groups in total. The summed E-state index contributed by atoms with van der Waals surface area (Å²) >= 11 is 1.60. The number of rotatable bonds is 4. The van der Waals surface area contributed by atoms with Crippen LogP contribution in [-0.2, 0) is 25.6 Å². The summed E-state index contributed by atoms with van der Waals surface area (Å²) < 4.78 is 15.4. The van der Waals surface area contributed by atoms with E-state index in [1.807, 2.05) is 36.4 Å². The van der Waals surface area contributed by atoms with Gasteiger partial charge in [-0.15, -0.1) is 0 Å². The van der Waals surface area contributed by atoms with Crippen molar-refractivity contribution in [2.75, 3.05) is 6.61 Å². The van der Waals surface area contributed by atoms with Gasteiger partial charge in [0.25, 0.3) is 0 Å². The molecule has 0 bridgehead atoms. The summed E-state index contributed by atoms with van der Waals surface area (Å²) in [6.45, 7) is 2.00. The van der Waals surface area contributed by atoms with E-state index in [9.17, 15) is 4.79 Å². The van der Waals surface area contributed by atoms with Crippen LogP contribution in [0.3, 0.4) is 0 Å². The van der Waals surface area contributed by atoms with Crippen molar-refractivity contribution in [2.45, 2.75) is 6.92 Å². The molecule has 2 aromatic rings. The van der Waals surface area contributed by atoms with E-state index >= 15 is 0 Å². The third-order valence-corrected chi connectivity index (χ3v) is 2.97. The van der Waals surface area contributed by atoms with Crippen LogP contribution in [-0.4, -0.2) is 12.8 Å². The van der Waals surface area contributed by atoms with Gasteiger partial charge in [-0.25, -0.2) is 0 Å². The molecule has 0 aliphatic carbocycles. The van der Waals surface area contributed by atoms with Crippen LogP contribution in [0.15, 0.2) is 48.5 Å². The average Bonchev–Trinajstić information content (AvgIpc) is 2.48. The quantitative estimate of drug-likeness (QED) is 0.287. The summed E-state index contributed by atoms with van der Waals surface area (Å²) in [6, 6.07) is 14.8. The zero-order valence-corrected chi connectivity index (χ0v) is 15.9. The van der Waals surface area contributed by atoms with Gasteiger partial charge in [-0.1, -0.05) is 0 Å². The fraction of sp³-hybridized carbons (Fsp3) is 0.133. The van der Waals surface area contributed by atoms with E-state index in [-0.39, 0.29) is 43.8 Å². The van der Waals surface area contributed by atoms with Gasteiger partial charge in [0.05, 0.1) is 0 Å². The van der Waals surface area contributed by atoms with Crippen molar-refractivity contribution in [1.82, 2.24) is 0 Å². The Morgan fingerprint density at radius 3 is 1.91 bits per heavy atom. The molecular formula is C15H13Cl3O4Ti. The molecule has 2 rings (SSSR count). The fourth-order valence-corrected chi connectivity index (χ4v) is 2.07. The fourth-order valence-electron chi connectivity index (χ4n) is 1.79. The minimum Gasteiger partial charge on any atom is -1.00 e. The van der Waals surface area contributed by atoms with E-state index in [1.54, 1.807) is 39.9 Å². The Morgan fingerprint density at radius 1 is 0.913 bits per heavy atom. The Bertz CT molecular complexity index is 611. The van der Waals surface area contributed by atoms with E-state index < -0.39 is 6.16 Å². The van der Waals surface area contributed by atoms with Crippen LogP contribution in [0.2, 0.25) is 0 Å². The van der Waals surface area contributed by atoms with Gasteiger partial charge in [-0.2, -0.15) is 0 Å². The van der Waals surface area contributed by atoms with E-state index in [0.29, 0.717) is 11.5 Å². The Kier molecular flexibility index (Phi) is 13.2. The van der Waals surface area contributed by atoms with Crippen molar-refractivity contribution in [3.8, 4) is 22.6 Å². The summed E-state index contributed by atoms with van der Waals surface area (Å²) in [5.41, 5.74) is 1.63. The molecule has 0 saturated carbocycles. The second kappa shape index (κ2) is 12.5. The number of halogens is 3. The molecule has 0 unspecified atom stereocenters. The maximum atomic E-state index is 11.5. The van der Waals surface area contributed by atoms with Gasteiger partial charge >= 0.3 is 129 Å². The molecule has 8 heteroatoms. The Morgan fingerprint density at radius 2 is 1.39 bits per heavy atom. The van der Waals surface area contributed by atoms with Crippen LogP contribution in [0.4, 0.5) is 4.79 Å². The Balaban J connectivity index is 0. The Labute approximate surface area is 166 Å². The third-order valence-electron chi connectivity index (χ3n) is 2.63. The van der Waals surface area contributed by atoms with Gasteiger partial charge in [-0.05, 0) is 0 Å². The first-order valence-electron chi connectivity index (χ1n) is 6.13. The molecule has 0 aliphatic heterocycles. The molecule has 0 heterocycles. The van der Waals surface area contributed by atoms with Crippen molar-refractivity contribution in [3.05, 3.63) is 48.5 Å². The maximum absolute atomic E-state index is 11.5. The first-order chi connectivity index (χ1) is 9.76. The van der Waals surface area contributed by atoms with E-state index in [1.165, 1.54) is 0 Å². The minimum atomic E-state index is -0.713. The first kappa shape index (κ1) is 24.3. The monoisotopic (exact) mass is 410 g/mol. The number of benzene rings is 2. The van der Waals surface area contributed by atoms with E-state index in [4.69, 9.17) is 12.8 Å². The van der Waals surface area contributed by atoms with Crippen molar-refractivity contribution in [2.24, 2.45) is 0 Å². The van der Waals surface area contributed by atoms with Gasteiger partial charge in [-0.3, -0.25) is 0 Å². The van der Waals surface area contributed by atoms with Crippen LogP contribution in [0, 0.1) is 0 Å². The molecule has 0 aliphatic rings. The number of carbonyl (C=O) groups excluding carboxylic acids is 1. The van der Waals surface area contributed by atoms with Gasteiger partial charge in [0.15, 0.2) is 0 Å². The zero-order valence-electron chi connectivity index (χ0n) is 12.1. The molecule has 2 aromatic carbocycles. The maximum Gasteiger partial charge on any atom is -1.00 e. The molecule has 4 nitrogen and oxygen atoms in total. The molecule has 23 heavy (non-hydrogen) atoms. The largest absolute Gasteiger partial charge is 1.00 e. The van der Waals surface area contributed by atoms with Crippen LogP contribution < -0.4 is 45.3 Å². The van der Waals surface area contributed by atoms with Crippen molar-refractivity contribution < 1.29 is 75.6 Å². The predicted molar refractivity (Wildman–Crippen MR) is 70.2 cm³/mol. The first-order valence-corrected chi connectivity index (χ1v) is 6.76. The smallest absolute Gasteiger partial charge is 1.00 e. The minimum absolute atomic E-state index is 0. The van der Waals surface area contributed by atoms with Crippen LogP contribution in [0.1, 0.15) is 6.92 Å². The van der Waals surface area contributed by atoms with Crippen LogP contribution >= 0.6 is 0 Å². The Hall–Kier alpha value is -0.906. The SMILES string of the molecule is CCOC(=O)Oc1ccccc1-c1ccccc1[O][Ti+3].[Cl-].[Cl-].[Cl-]. The predicted octanol–water partition coefficient (Wildman–Crippen LogP) is -5.26. The number of hydrogen-bond donors (Lipinski definition) is 0. The number of hydrogen-bond acceptors (Lipinski definition) is 4. The van der Waals surface area contributed by atoms with Crippen molar-refractivity contribution >= 4 is 6.16 Å². The summed E-state index contributed by atoms with van der Waals surface area (Å²) in [4.78, 5) is 11.5. The van der Waals surface area contributed by atoms with Gasteiger partial charge in [0.1, 0.15) is 0 Å². The van der Waals surface area contributed by atoms with Gasteiger partial charge in [0.2, 0.25) is 0 Å². The molecule has 0 fully saturated rings. The summed E-state index contributed by atoms with van der Waals surface area (Å²) in [6.07, 6.45) is -0.713. The third kappa shape index (κ3) is 6.62. The van der Waals surface area contributed by atoms with Gasteiger partial charge in [0, 0.05) is 0 Å². The van der Waals surface area contributed by atoms with Gasteiger partial charge < -0.3 is 37.2 Å².